The van der Waals surface area contributed by atoms with E-state index in [4.69, 9.17) is 16.3 Å². The van der Waals surface area contributed by atoms with Crippen LogP contribution in [-0.2, 0) is 19.9 Å². The smallest absolute Gasteiger partial charge is 0.406 e. The Morgan fingerprint density at radius 2 is 1.83 bits per heavy atom. The van der Waals surface area contributed by atoms with Crippen molar-refractivity contribution in [1.82, 2.24) is 15.3 Å². The molecule has 35 heavy (non-hydrogen) atoms. The summed E-state index contributed by atoms with van der Waals surface area (Å²) in [6, 6.07) is 1.70. The highest BCUT2D eigenvalue weighted by molar-refractivity contribution is 6.32. The van der Waals surface area contributed by atoms with Gasteiger partial charge >= 0.3 is 6.36 Å². The molecule has 0 radical (unpaired) electrons. The average Bonchev–Trinajstić information content (AvgIpc) is 3.11. The van der Waals surface area contributed by atoms with Gasteiger partial charge in [0.15, 0.2) is 5.54 Å². The van der Waals surface area contributed by atoms with Crippen LogP contribution in [0.4, 0.5) is 32.0 Å². The van der Waals surface area contributed by atoms with Crippen molar-refractivity contribution >= 4 is 29.1 Å². The highest BCUT2D eigenvalue weighted by Gasteiger charge is 2.52. The number of anilines is 1. The van der Waals surface area contributed by atoms with Crippen molar-refractivity contribution in [3.63, 3.8) is 0 Å². The van der Waals surface area contributed by atoms with Crippen LogP contribution in [0.3, 0.4) is 0 Å². The molecule has 1 unspecified atom stereocenters. The first-order chi connectivity index (χ1) is 16.3. The van der Waals surface area contributed by atoms with Crippen molar-refractivity contribution in [1.29, 1.82) is 0 Å². The van der Waals surface area contributed by atoms with E-state index in [0.29, 0.717) is 4.90 Å². The molecule has 1 saturated heterocycles. The number of hydrogen-bond acceptors (Lipinski definition) is 6. The zero-order valence-corrected chi connectivity index (χ0v) is 18.5. The van der Waals surface area contributed by atoms with Crippen molar-refractivity contribution in [2.75, 3.05) is 18.1 Å². The molecule has 1 aliphatic heterocycles. The van der Waals surface area contributed by atoms with Crippen molar-refractivity contribution in [2.45, 2.75) is 36.4 Å². The Morgan fingerprint density at radius 1 is 1.23 bits per heavy atom. The van der Waals surface area contributed by atoms with Crippen molar-refractivity contribution in [2.24, 2.45) is 0 Å². The Kier molecular flexibility index (Phi) is 7.45. The minimum Gasteiger partial charge on any atom is -0.406 e. The number of halogens is 7. The van der Waals surface area contributed by atoms with Crippen molar-refractivity contribution in [3.05, 3.63) is 48.5 Å². The van der Waals surface area contributed by atoms with Gasteiger partial charge in [-0.1, -0.05) is 11.6 Å². The predicted molar refractivity (Wildman–Crippen MR) is 108 cm³/mol. The summed E-state index contributed by atoms with van der Waals surface area (Å²) >= 11 is 5.37. The van der Waals surface area contributed by atoms with E-state index in [9.17, 15) is 35.9 Å². The Balaban J connectivity index is 2.11. The number of rotatable bonds is 7. The highest BCUT2D eigenvalue weighted by Crippen LogP contribution is 2.37. The second-order valence-corrected chi connectivity index (χ2v) is 7.90. The molecule has 190 valence electrons. The fourth-order valence-electron chi connectivity index (χ4n) is 3.39. The summed E-state index contributed by atoms with van der Waals surface area (Å²) in [7, 11) is 0. The third-order valence-corrected chi connectivity index (χ3v) is 5.33. The van der Waals surface area contributed by atoms with Crippen molar-refractivity contribution in [3.8, 4) is 5.75 Å². The highest BCUT2D eigenvalue weighted by atomic mass is 35.5. The fraction of sp³-hybridized carbons (Fsp3) is 0.400. The van der Waals surface area contributed by atoms with Crippen LogP contribution in [0.25, 0.3) is 0 Å². The Hall–Kier alpha value is -3.13. The fourth-order valence-corrected chi connectivity index (χ4v) is 3.49. The van der Waals surface area contributed by atoms with E-state index < -0.39 is 60.3 Å². The van der Waals surface area contributed by atoms with Crippen LogP contribution in [-0.4, -0.2) is 59.0 Å². The summed E-state index contributed by atoms with van der Waals surface area (Å²) < 4.78 is 88.3. The van der Waals surface area contributed by atoms with Crippen LogP contribution < -0.4 is 15.0 Å². The molecule has 1 N–H and O–H groups in total. The summed E-state index contributed by atoms with van der Waals surface area (Å²) in [5.41, 5.74) is -5.44. The number of nitrogens with one attached hydrogen (secondary N) is 1. The number of ether oxygens (including phenoxy) is 2. The summed E-state index contributed by atoms with van der Waals surface area (Å²) in [5, 5.41) is 2.09. The minimum absolute atomic E-state index is 0.138. The molecule has 0 bridgehead atoms. The number of hydrogen-bond donors (Lipinski definition) is 1. The van der Waals surface area contributed by atoms with Crippen LogP contribution in [0.1, 0.15) is 12.5 Å². The SMILES string of the molecule is C[C@](C(=O)NC1COCC1(F)F)(c1cncnc1)N(C(=O)[C@H](F)Cl)c1ccc(OC(F)(F)F)cc1. The van der Waals surface area contributed by atoms with Gasteiger partial charge in [0.05, 0.1) is 6.61 Å². The van der Waals surface area contributed by atoms with E-state index in [0.717, 1.165) is 49.9 Å². The zero-order valence-electron chi connectivity index (χ0n) is 17.7. The van der Waals surface area contributed by atoms with Crippen molar-refractivity contribution < 1.29 is 45.4 Å². The van der Waals surface area contributed by atoms with E-state index in [1.165, 1.54) is 0 Å². The molecule has 3 atom stereocenters. The molecule has 0 aliphatic carbocycles. The number of benzene rings is 1. The lowest BCUT2D eigenvalue weighted by Crippen LogP contribution is -2.61. The number of aromatic nitrogens is 2. The number of carbonyl (C=O) groups is 2. The number of carbonyl (C=O) groups excluding carboxylic acids is 2. The predicted octanol–water partition coefficient (Wildman–Crippen LogP) is 3.31. The maximum absolute atomic E-state index is 14.1. The van der Waals surface area contributed by atoms with Gasteiger partial charge in [-0.25, -0.2) is 23.1 Å². The Labute approximate surface area is 199 Å². The molecule has 1 fully saturated rings. The minimum atomic E-state index is -5.01. The Morgan fingerprint density at radius 3 is 2.31 bits per heavy atom. The second-order valence-electron chi connectivity index (χ2n) is 7.52. The molecule has 2 heterocycles. The quantitative estimate of drug-likeness (QED) is 0.439. The van der Waals surface area contributed by atoms with E-state index in [1.54, 1.807) is 0 Å². The van der Waals surface area contributed by atoms with Gasteiger partial charge in [-0.3, -0.25) is 14.5 Å². The van der Waals surface area contributed by atoms with Gasteiger partial charge in [-0.2, -0.15) is 0 Å². The first-order valence-electron chi connectivity index (χ1n) is 9.76. The third-order valence-electron chi connectivity index (χ3n) is 5.14. The molecule has 0 spiro atoms. The molecule has 2 amide bonds. The van der Waals surface area contributed by atoms with Gasteiger partial charge in [0, 0.05) is 23.6 Å². The van der Waals surface area contributed by atoms with Crippen LogP contribution in [0, 0.1) is 0 Å². The number of alkyl halides is 7. The number of amides is 2. The molecule has 0 saturated carbocycles. The first-order valence-corrected chi connectivity index (χ1v) is 10.2. The summed E-state index contributed by atoms with van der Waals surface area (Å²) in [5.74, 6) is -6.83. The average molecular weight is 527 g/mol. The largest absolute Gasteiger partial charge is 0.573 e. The monoisotopic (exact) mass is 526 g/mol. The second kappa shape index (κ2) is 9.85. The lowest BCUT2D eigenvalue weighted by molar-refractivity contribution is -0.274. The van der Waals surface area contributed by atoms with E-state index in [-0.39, 0.29) is 11.3 Å². The molecule has 1 aliphatic rings. The van der Waals surface area contributed by atoms with E-state index in [1.807, 2.05) is 0 Å². The summed E-state index contributed by atoms with van der Waals surface area (Å²) in [6.07, 6.45) is -1.77. The van der Waals surface area contributed by atoms with E-state index in [2.05, 4.69) is 20.0 Å². The summed E-state index contributed by atoms with van der Waals surface area (Å²) in [6.45, 7) is -0.411. The van der Waals surface area contributed by atoms with Gasteiger partial charge in [-0.05, 0) is 31.2 Å². The number of nitrogens with zero attached hydrogens (tertiary/aromatic N) is 3. The Bertz CT molecular complexity index is 1060. The maximum atomic E-state index is 14.1. The van der Waals surface area contributed by atoms with Crippen LogP contribution in [0.5, 0.6) is 5.75 Å². The van der Waals surface area contributed by atoms with Crippen LogP contribution in [0.15, 0.2) is 43.0 Å². The molecule has 8 nitrogen and oxygen atoms in total. The normalized spacial score (nSPS) is 19.9. The lowest BCUT2D eigenvalue weighted by atomic mass is 9.89. The molecule has 1 aromatic heterocycles. The maximum Gasteiger partial charge on any atom is 0.573 e. The third kappa shape index (κ3) is 5.75. The molecule has 1 aromatic carbocycles. The zero-order chi connectivity index (χ0) is 26.0. The molecular weight excluding hydrogens is 510 g/mol. The van der Waals surface area contributed by atoms with E-state index >= 15 is 0 Å². The van der Waals surface area contributed by atoms with Crippen LogP contribution in [0.2, 0.25) is 0 Å². The van der Waals surface area contributed by atoms with Gasteiger partial charge in [0.1, 0.15) is 24.7 Å². The summed E-state index contributed by atoms with van der Waals surface area (Å²) in [4.78, 5) is 34.3. The molecule has 3 rings (SSSR count). The van der Waals surface area contributed by atoms with Crippen LogP contribution >= 0.6 is 11.6 Å². The van der Waals surface area contributed by atoms with Gasteiger partial charge in [0.2, 0.25) is 0 Å². The van der Waals surface area contributed by atoms with Gasteiger partial charge < -0.3 is 14.8 Å². The molecule has 15 heteroatoms. The topological polar surface area (TPSA) is 93.6 Å². The lowest BCUT2D eigenvalue weighted by Gasteiger charge is -2.40. The first kappa shape index (κ1) is 26.5. The van der Waals surface area contributed by atoms with Gasteiger partial charge in [-0.15, -0.1) is 13.2 Å². The molecule has 2 aromatic rings. The molecular formula is C20H17ClF6N4O4. The standard InChI is InChI=1S/C20H17ClF6N4O4/c1-18(11-6-28-10-29-7-11,17(33)30-14-8-34-9-19(14,23)24)31(16(32)15(21)22)12-2-4-13(5-3-12)35-20(25,26)27/h2-7,10,14-15H,8-9H2,1H3,(H,30,33)/t14?,15-,18+/m0/s1. The van der Waals surface area contributed by atoms with Gasteiger partial charge in [0.25, 0.3) is 23.4 Å².